The van der Waals surface area contributed by atoms with E-state index in [9.17, 15) is 14.7 Å². The van der Waals surface area contributed by atoms with E-state index in [0.29, 0.717) is 16.5 Å². The number of hydrogen-bond donors (Lipinski definition) is 2. The fraction of sp³-hybridized carbons (Fsp3) is 0.115. The number of ether oxygens (including phenoxy) is 1. The van der Waals surface area contributed by atoms with Crippen LogP contribution in [0.1, 0.15) is 21.5 Å². The lowest BCUT2D eigenvalue weighted by molar-refractivity contribution is -0.118. The van der Waals surface area contributed by atoms with Gasteiger partial charge in [-0.05, 0) is 37.3 Å². The average Bonchev–Trinajstić information content (AvgIpc) is 3.32. The maximum Gasteiger partial charge on any atom is 0.336 e. The van der Waals surface area contributed by atoms with Gasteiger partial charge in [0.25, 0.3) is 5.91 Å². The van der Waals surface area contributed by atoms with Crippen molar-refractivity contribution >= 4 is 29.9 Å². The minimum Gasteiger partial charge on any atom is -0.497 e. The third-order valence-electron chi connectivity index (χ3n) is 5.19. The molecule has 182 valence electrons. The minimum absolute atomic E-state index is 0.0279. The summed E-state index contributed by atoms with van der Waals surface area (Å²) < 4.78 is 7.15. The van der Waals surface area contributed by atoms with E-state index in [2.05, 4.69) is 20.7 Å². The van der Waals surface area contributed by atoms with Gasteiger partial charge < -0.3 is 9.84 Å². The zero-order valence-corrected chi connectivity index (χ0v) is 20.4. The maximum atomic E-state index is 12.4. The Bertz CT molecular complexity index is 1400. The van der Waals surface area contributed by atoms with Crippen molar-refractivity contribution in [3.63, 3.8) is 0 Å². The van der Waals surface area contributed by atoms with E-state index in [4.69, 9.17) is 4.74 Å². The number of hydrogen-bond acceptors (Lipinski definition) is 7. The number of aryl methyl sites for hydroxylation is 1. The average molecular weight is 502 g/mol. The molecular formula is C26H23N5O4S. The molecule has 0 radical (unpaired) electrons. The molecule has 0 saturated carbocycles. The third kappa shape index (κ3) is 5.78. The number of methoxy groups -OCH3 is 1. The topological polar surface area (TPSA) is 119 Å². The Labute approximate surface area is 211 Å². The second-order valence-electron chi connectivity index (χ2n) is 7.68. The first-order valence-electron chi connectivity index (χ1n) is 10.9. The molecule has 4 rings (SSSR count). The van der Waals surface area contributed by atoms with Crippen molar-refractivity contribution in [2.75, 3.05) is 12.9 Å². The Kier molecular flexibility index (Phi) is 7.76. The van der Waals surface area contributed by atoms with Gasteiger partial charge in [-0.1, -0.05) is 59.8 Å². The Morgan fingerprint density at radius 1 is 1.06 bits per heavy atom. The SMILES string of the molecule is COc1ccc(-n2c(SCC(=O)N/N=C\c3ccccc3C(=O)O)nnc2-c2ccc(C)cc2)cc1. The highest BCUT2D eigenvalue weighted by Crippen LogP contribution is 2.29. The number of rotatable bonds is 9. The van der Waals surface area contributed by atoms with Crippen LogP contribution in [0.5, 0.6) is 5.75 Å². The molecule has 36 heavy (non-hydrogen) atoms. The van der Waals surface area contributed by atoms with Crippen LogP contribution in [0.25, 0.3) is 17.1 Å². The van der Waals surface area contributed by atoms with E-state index in [0.717, 1.165) is 22.6 Å². The maximum absolute atomic E-state index is 12.4. The van der Waals surface area contributed by atoms with Gasteiger partial charge in [-0.15, -0.1) is 10.2 Å². The molecule has 9 nitrogen and oxygen atoms in total. The molecule has 0 unspecified atom stereocenters. The summed E-state index contributed by atoms with van der Waals surface area (Å²) in [4.78, 5) is 23.7. The lowest BCUT2D eigenvalue weighted by Crippen LogP contribution is -2.20. The fourth-order valence-corrected chi connectivity index (χ4v) is 4.10. The van der Waals surface area contributed by atoms with Crippen molar-refractivity contribution in [3.05, 3.63) is 89.5 Å². The predicted molar refractivity (Wildman–Crippen MR) is 138 cm³/mol. The van der Waals surface area contributed by atoms with Gasteiger partial charge in [-0.2, -0.15) is 5.10 Å². The number of amides is 1. The summed E-state index contributed by atoms with van der Waals surface area (Å²) in [5, 5.41) is 22.4. The van der Waals surface area contributed by atoms with Gasteiger partial charge in [0.1, 0.15) is 5.75 Å². The monoisotopic (exact) mass is 501 g/mol. The van der Waals surface area contributed by atoms with Gasteiger partial charge in [0, 0.05) is 16.8 Å². The highest BCUT2D eigenvalue weighted by atomic mass is 32.2. The summed E-state index contributed by atoms with van der Waals surface area (Å²) >= 11 is 1.21. The van der Waals surface area contributed by atoms with E-state index in [1.165, 1.54) is 24.0 Å². The molecule has 0 spiro atoms. The van der Waals surface area contributed by atoms with Gasteiger partial charge in [0.05, 0.1) is 24.6 Å². The number of carbonyl (C=O) groups is 2. The summed E-state index contributed by atoms with van der Waals surface area (Å²) in [6.07, 6.45) is 1.31. The third-order valence-corrected chi connectivity index (χ3v) is 6.12. The molecule has 2 N–H and O–H groups in total. The number of aromatic nitrogens is 3. The van der Waals surface area contributed by atoms with Crippen LogP contribution in [-0.2, 0) is 4.79 Å². The lowest BCUT2D eigenvalue weighted by Gasteiger charge is -2.11. The zero-order chi connectivity index (χ0) is 25.5. The molecule has 10 heteroatoms. The van der Waals surface area contributed by atoms with Crippen molar-refractivity contribution < 1.29 is 19.4 Å². The van der Waals surface area contributed by atoms with Gasteiger partial charge >= 0.3 is 5.97 Å². The van der Waals surface area contributed by atoms with Crippen LogP contribution in [0.2, 0.25) is 0 Å². The zero-order valence-electron chi connectivity index (χ0n) is 19.6. The Morgan fingerprint density at radius 2 is 1.78 bits per heavy atom. The second-order valence-corrected chi connectivity index (χ2v) is 8.62. The molecule has 0 aliphatic carbocycles. The molecule has 0 aliphatic rings. The fourth-order valence-electron chi connectivity index (χ4n) is 3.36. The molecule has 1 heterocycles. The normalized spacial score (nSPS) is 10.9. The van der Waals surface area contributed by atoms with E-state index < -0.39 is 5.97 Å². The van der Waals surface area contributed by atoms with E-state index in [-0.39, 0.29) is 17.2 Å². The number of nitrogens with zero attached hydrogens (tertiary/aromatic N) is 4. The summed E-state index contributed by atoms with van der Waals surface area (Å²) in [5.74, 6) is -0.0440. The van der Waals surface area contributed by atoms with Crippen LogP contribution in [0, 0.1) is 6.92 Å². The number of carboxylic acids is 1. The lowest BCUT2D eigenvalue weighted by atomic mass is 10.1. The van der Waals surface area contributed by atoms with Crippen molar-refractivity contribution in [3.8, 4) is 22.8 Å². The Balaban J connectivity index is 1.52. The van der Waals surface area contributed by atoms with Gasteiger partial charge in [0.2, 0.25) is 0 Å². The van der Waals surface area contributed by atoms with Crippen molar-refractivity contribution in [2.24, 2.45) is 5.10 Å². The molecule has 0 atom stereocenters. The molecule has 0 bridgehead atoms. The number of hydrazone groups is 1. The van der Waals surface area contributed by atoms with Gasteiger partial charge in [0.15, 0.2) is 11.0 Å². The summed E-state index contributed by atoms with van der Waals surface area (Å²) in [6.45, 7) is 2.01. The molecule has 0 aliphatic heterocycles. The largest absolute Gasteiger partial charge is 0.497 e. The van der Waals surface area contributed by atoms with Crippen LogP contribution >= 0.6 is 11.8 Å². The first-order valence-corrected chi connectivity index (χ1v) is 11.9. The number of nitrogens with one attached hydrogen (secondary N) is 1. The first kappa shape index (κ1) is 24.7. The van der Waals surface area contributed by atoms with Crippen molar-refractivity contribution in [1.82, 2.24) is 20.2 Å². The van der Waals surface area contributed by atoms with E-state index in [1.807, 2.05) is 60.0 Å². The van der Waals surface area contributed by atoms with Crippen LogP contribution < -0.4 is 10.2 Å². The van der Waals surface area contributed by atoms with Crippen LogP contribution in [-0.4, -0.2) is 50.8 Å². The number of aromatic carboxylic acids is 1. The first-order chi connectivity index (χ1) is 17.5. The predicted octanol–water partition coefficient (Wildman–Crippen LogP) is 4.19. The second kappa shape index (κ2) is 11.3. The Morgan fingerprint density at radius 3 is 2.47 bits per heavy atom. The molecular weight excluding hydrogens is 478 g/mol. The molecule has 0 saturated heterocycles. The highest BCUT2D eigenvalue weighted by Gasteiger charge is 2.17. The van der Waals surface area contributed by atoms with Crippen LogP contribution in [0.4, 0.5) is 0 Å². The molecule has 1 amide bonds. The number of carboxylic acid groups (broad SMARTS) is 1. The van der Waals surface area contributed by atoms with Gasteiger partial charge in [-0.3, -0.25) is 9.36 Å². The minimum atomic E-state index is -1.07. The number of carbonyl (C=O) groups excluding carboxylic acids is 1. The number of benzene rings is 3. The smallest absolute Gasteiger partial charge is 0.336 e. The van der Waals surface area contributed by atoms with Gasteiger partial charge in [-0.25, -0.2) is 10.2 Å². The summed E-state index contributed by atoms with van der Waals surface area (Å²) in [5.41, 5.74) is 5.76. The molecule has 0 fully saturated rings. The molecule has 1 aromatic heterocycles. The van der Waals surface area contributed by atoms with Crippen molar-refractivity contribution in [1.29, 1.82) is 0 Å². The highest BCUT2D eigenvalue weighted by molar-refractivity contribution is 7.99. The van der Waals surface area contributed by atoms with Crippen molar-refractivity contribution in [2.45, 2.75) is 12.1 Å². The van der Waals surface area contributed by atoms with Crippen LogP contribution in [0.15, 0.2) is 83.1 Å². The molecule has 3 aromatic carbocycles. The van der Waals surface area contributed by atoms with E-state index in [1.54, 1.807) is 25.3 Å². The van der Waals surface area contributed by atoms with Crippen LogP contribution in [0.3, 0.4) is 0 Å². The quantitative estimate of drug-likeness (QED) is 0.200. The molecule has 4 aromatic rings. The Hall–Kier alpha value is -4.44. The summed E-state index contributed by atoms with van der Waals surface area (Å²) in [7, 11) is 1.61. The van der Waals surface area contributed by atoms with E-state index >= 15 is 0 Å². The standard InChI is InChI=1S/C26H23N5O4S/c1-17-7-9-18(10-8-17)24-29-30-26(31(24)20-11-13-21(35-2)14-12-20)36-16-23(32)28-27-15-19-5-3-4-6-22(19)25(33)34/h3-15H,16H2,1-2H3,(H,28,32)(H,33,34)/b27-15-. The number of thioether (sulfide) groups is 1. The summed E-state index contributed by atoms with van der Waals surface area (Å²) in [6, 6.07) is 21.8.